The SMILES string of the molecule is Br.COc1cc(OC)c(-c2cn3ccc(N4CCCC4)cc3n2)cc1C#N. The van der Waals surface area contributed by atoms with Crippen molar-refractivity contribution in [2.45, 2.75) is 12.8 Å². The average molecular weight is 429 g/mol. The fraction of sp³-hybridized carbons (Fsp3) is 0.300. The molecule has 0 amide bonds. The smallest absolute Gasteiger partial charge is 0.140 e. The van der Waals surface area contributed by atoms with Crippen molar-refractivity contribution in [1.29, 1.82) is 5.26 Å². The van der Waals surface area contributed by atoms with E-state index in [0.29, 0.717) is 17.1 Å². The second-order valence-electron chi connectivity index (χ2n) is 6.34. The molecule has 1 aromatic carbocycles. The van der Waals surface area contributed by atoms with Crippen LogP contribution in [0.2, 0.25) is 0 Å². The van der Waals surface area contributed by atoms with Crippen molar-refractivity contribution in [1.82, 2.24) is 9.38 Å². The highest BCUT2D eigenvalue weighted by Crippen LogP contribution is 2.35. The molecule has 1 saturated heterocycles. The molecule has 2 aromatic heterocycles. The van der Waals surface area contributed by atoms with Gasteiger partial charge in [0.2, 0.25) is 0 Å². The summed E-state index contributed by atoms with van der Waals surface area (Å²) >= 11 is 0. The molecule has 3 aromatic rings. The minimum absolute atomic E-state index is 0. The summed E-state index contributed by atoms with van der Waals surface area (Å²) in [6, 6.07) is 9.89. The molecule has 7 heteroatoms. The minimum atomic E-state index is 0. The first kappa shape index (κ1) is 19.1. The zero-order valence-electron chi connectivity index (χ0n) is 15.3. The molecule has 140 valence electrons. The van der Waals surface area contributed by atoms with E-state index in [0.717, 1.165) is 30.0 Å². The van der Waals surface area contributed by atoms with Crippen LogP contribution in [0.3, 0.4) is 0 Å². The molecule has 0 N–H and O–H groups in total. The number of hydrogen-bond donors (Lipinski definition) is 0. The third kappa shape index (κ3) is 3.45. The molecule has 0 aliphatic carbocycles. The summed E-state index contributed by atoms with van der Waals surface area (Å²) in [6.45, 7) is 2.20. The first-order valence-electron chi connectivity index (χ1n) is 8.63. The number of methoxy groups -OCH3 is 2. The Labute approximate surface area is 168 Å². The summed E-state index contributed by atoms with van der Waals surface area (Å²) in [6.07, 6.45) is 6.46. The molecular formula is C20H21BrN4O2. The number of rotatable bonds is 4. The monoisotopic (exact) mass is 428 g/mol. The van der Waals surface area contributed by atoms with Gasteiger partial charge < -0.3 is 18.8 Å². The van der Waals surface area contributed by atoms with Gasteiger partial charge >= 0.3 is 0 Å². The van der Waals surface area contributed by atoms with Crippen LogP contribution in [0.4, 0.5) is 5.69 Å². The molecule has 0 spiro atoms. The number of halogens is 1. The van der Waals surface area contributed by atoms with E-state index in [4.69, 9.17) is 14.5 Å². The molecule has 0 saturated carbocycles. The fourth-order valence-electron chi connectivity index (χ4n) is 3.46. The minimum Gasteiger partial charge on any atom is -0.496 e. The van der Waals surface area contributed by atoms with Gasteiger partial charge in [-0.05, 0) is 25.0 Å². The Morgan fingerprint density at radius 3 is 2.48 bits per heavy atom. The zero-order chi connectivity index (χ0) is 18.1. The maximum absolute atomic E-state index is 9.38. The molecule has 6 nitrogen and oxygen atoms in total. The van der Waals surface area contributed by atoms with Crippen LogP contribution in [-0.2, 0) is 0 Å². The summed E-state index contributed by atoms with van der Waals surface area (Å²) in [5.41, 5.74) is 4.07. The summed E-state index contributed by atoms with van der Waals surface area (Å²) < 4.78 is 12.8. The Morgan fingerprint density at radius 2 is 1.81 bits per heavy atom. The van der Waals surface area contributed by atoms with Gasteiger partial charge in [-0.2, -0.15) is 5.26 Å². The van der Waals surface area contributed by atoms with E-state index in [9.17, 15) is 5.26 Å². The molecule has 4 rings (SSSR count). The number of imidazole rings is 1. The quantitative estimate of drug-likeness (QED) is 0.626. The van der Waals surface area contributed by atoms with Crippen LogP contribution in [0.25, 0.3) is 16.9 Å². The maximum Gasteiger partial charge on any atom is 0.140 e. The van der Waals surface area contributed by atoms with Gasteiger partial charge in [0.1, 0.15) is 23.2 Å². The van der Waals surface area contributed by atoms with Gasteiger partial charge in [0.25, 0.3) is 0 Å². The lowest BCUT2D eigenvalue weighted by molar-refractivity contribution is 0.394. The number of fused-ring (bicyclic) bond motifs is 1. The Bertz CT molecular complexity index is 1000. The molecule has 1 aliphatic rings. The van der Waals surface area contributed by atoms with Crippen molar-refractivity contribution in [3.63, 3.8) is 0 Å². The van der Waals surface area contributed by atoms with Gasteiger partial charge in [-0.15, -0.1) is 17.0 Å². The van der Waals surface area contributed by atoms with E-state index in [1.54, 1.807) is 26.4 Å². The second-order valence-corrected chi connectivity index (χ2v) is 6.34. The van der Waals surface area contributed by atoms with Gasteiger partial charge in [0.15, 0.2) is 0 Å². The lowest BCUT2D eigenvalue weighted by Gasteiger charge is -2.17. The van der Waals surface area contributed by atoms with Crippen molar-refractivity contribution in [2.75, 3.05) is 32.2 Å². The highest BCUT2D eigenvalue weighted by Gasteiger charge is 2.17. The van der Waals surface area contributed by atoms with Crippen LogP contribution < -0.4 is 14.4 Å². The van der Waals surface area contributed by atoms with Crippen molar-refractivity contribution in [2.24, 2.45) is 0 Å². The third-order valence-electron chi connectivity index (χ3n) is 4.83. The van der Waals surface area contributed by atoms with Crippen LogP contribution in [0.15, 0.2) is 36.7 Å². The van der Waals surface area contributed by atoms with Crippen LogP contribution in [0, 0.1) is 11.3 Å². The predicted molar refractivity (Wildman–Crippen MR) is 110 cm³/mol. The number of benzene rings is 1. The Balaban J connectivity index is 0.00000210. The normalized spacial score (nSPS) is 13.3. The van der Waals surface area contributed by atoms with Crippen molar-refractivity contribution < 1.29 is 9.47 Å². The molecule has 0 radical (unpaired) electrons. The molecule has 1 aliphatic heterocycles. The van der Waals surface area contributed by atoms with Gasteiger partial charge in [-0.3, -0.25) is 0 Å². The summed E-state index contributed by atoms with van der Waals surface area (Å²) in [4.78, 5) is 7.15. The molecule has 3 heterocycles. The van der Waals surface area contributed by atoms with Crippen molar-refractivity contribution in [3.8, 4) is 28.8 Å². The summed E-state index contributed by atoms with van der Waals surface area (Å²) in [7, 11) is 3.14. The lowest BCUT2D eigenvalue weighted by atomic mass is 10.1. The number of hydrogen-bond acceptors (Lipinski definition) is 5. The maximum atomic E-state index is 9.38. The van der Waals surface area contributed by atoms with Gasteiger partial charge in [0.05, 0.1) is 25.5 Å². The van der Waals surface area contributed by atoms with E-state index in [1.165, 1.54) is 18.5 Å². The number of nitrogens with zero attached hydrogens (tertiary/aromatic N) is 4. The largest absolute Gasteiger partial charge is 0.496 e. The molecule has 0 atom stereocenters. The molecule has 27 heavy (non-hydrogen) atoms. The zero-order valence-corrected chi connectivity index (χ0v) is 17.0. The number of aromatic nitrogens is 2. The Kier molecular flexibility index (Phi) is 5.57. The summed E-state index contributed by atoms with van der Waals surface area (Å²) in [5, 5.41) is 9.38. The van der Waals surface area contributed by atoms with E-state index in [2.05, 4.69) is 23.1 Å². The highest BCUT2D eigenvalue weighted by molar-refractivity contribution is 8.93. The van der Waals surface area contributed by atoms with Crippen LogP contribution in [0.1, 0.15) is 18.4 Å². The average Bonchev–Trinajstić information content (AvgIpc) is 3.35. The molecule has 0 unspecified atom stereocenters. The van der Waals surface area contributed by atoms with E-state index in [1.807, 2.05) is 16.8 Å². The standard InChI is InChI=1S/C20H20N4O2.BrH/c1-25-18-11-19(26-2)16(9-14(18)12-21)17-13-24-8-5-15(10-20(24)22-17)23-6-3-4-7-23;/h5,8-11,13H,3-4,6-7H2,1-2H3;1H. The second kappa shape index (κ2) is 7.89. The van der Waals surface area contributed by atoms with Crippen molar-refractivity contribution >= 4 is 28.3 Å². The van der Waals surface area contributed by atoms with E-state index in [-0.39, 0.29) is 17.0 Å². The topological polar surface area (TPSA) is 62.8 Å². The third-order valence-corrected chi connectivity index (χ3v) is 4.83. The molecule has 0 bridgehead atoms. The molecular weight excluding hydrogens is 408 g/mol. The van der Waals surface area contributed by atoms with Crippen molar-refractivity contribution in [3.05, 3.63) is 42.2 Å². The van der Waals surface area contributed by atoms with Crippen LogP contribution in [-0.4, -0.2) is 36.7 Å². The van der Waals surface area contributed by atoms with Crippen LogP contribution in [0.5, 0.6) is 11.5 Å². The predicted octanol–water partition coefficient (Wildman–Crippen LogP) is 4.07. The Morgan fingerprint density at radius 1 is 1.07 bits per heavy atom. The lowest BCUT2D eigenvalue weighted by Crippen LogP contribution is -2.17. The fourth-order valence-corrected chi connectivity index (χ4v) is 3.46. The number of nitriles is 1. The van der Waals surface area contributed by atoms with Crippen LogP contribution >= 0.6 is 17.0 Å². The van der Waals surface area contributed by atoms with Gasteiger partial charge in [-0.25, -0.2) is 4.98 Å². The van der Waals surface area contributed by atoms with E-state index >= 15 is 0 Å². The van der Waals surface area contributed by atoms with Gasteiger partial charge in [0, 0.05) is 48.9 Å². The summed E-state index contributed by atoms with van der Waals surface area (Å²) in [5.74, 6) is 1.12. The first-order chi connectivity index (χ1) is 12.7. The van der Waals surface area contributed by atoms with Gasteiger partial charge in [-0.1, -0.05) is 0 Å². The number of anilines is 1. The Hall–Kier alpha value is -2.72. The number of ether oxygens (including phenoxy) is 2. The first-order valence-corrected chi connectivity index (χ1v) is 8.63. The van der Waals surface area contributed by atoms with E-state index < -0.39 is 0 Å². The molecule has 1 fully saturated rings. The highest BCUT2D eigenvalue weighted by atomic mass is 79.9. The number of pyridine rings is 1.